The van der Waals surface area contributed by atoms with Gasteiger partial charge in [-0.15, -0.1) is 0 Å². The molecular formula is C14H10Cl4O. The number of rotatable bonds is 3. The van der Waals surface area contributed by atoms with Gasteiger partial charge < -0.3 is 5.11 Å². The lowest BCUT2D eigenvalue weighted by atomic mass is 10.0. The third-order valence-electron chi connectivity index (χ3n) is 2.79. The Morgan fingerprint density at radius 3 is 2.11 bits per heavy atom. The molecule has 19 heavy (non-hydrogen) atoms. The fourth-order valence-corrected chi connectivity index (χ4v) is 2.63. The van der Waals surface area contributed by atoms with Crippen molar-refractivity contribution in [1.82, 2.24) is 0 Å². The summed E-state index contributed by atoms with van der Waals surface area (Å²) in [5.41, 5.74) is 1.34. The van der Waals surface area contributed by atoms with Gasteiger partial charge in [-0.05, 0) is 17.7 Å². The molecule has 5 heteroatoms. The Morgan fingerprint density at radius 2 is 1.42 bits per heavy atom. The molecule has 0 fully saturated rings. The molecule has 1 N–H and O–H groups in total. The number of aliphatic hydroxyl groups excluding tert-OH is 1. The molecule has 0 aromatic heterocycles. The Morgan fingerprint density at radius 1 is 0.842 bits per heavy atom. The molecule has 0 saturated heterocycles. The van der Waals surface area contributed by atoms with Crippen LogP contribution in [-0.4, -0.2) is 5.11 Å². The Labute approximate surface area is 131 Å². The first-order valence-electron chi connectivity index (χ1n) is 5.55. The summed E-state index contributed by atoms with van der Waals surface area (Å²) >= 11 is 24.0. The predicted octanol–water partition coefficient (Wildman–Crippen LogP) is 5.58. The summed E-state index contributed by atoms with van der Waals surface area (Å²) in [7, 11) is 0. The van der Waals surface area contributed by atoms with Gasteiger partial charge in [0, 0.05) is 12.0 Å². The zero-order valence-corrected chi connectivity index (χ0v) is 12.7. The highest BCUT2D eigenvalue weighted by molar-refractivity contribution is 6.43. The second-order valence-corrected chi connectivity index (χ2v) is 5.65. The summed E-state index contributed by atoms with van der Waals surface area (Å²) < 4.78 is 0. The van der Waals surface area contributed by atoms with Crippen LogP contribution in [-0.2, 0) is 6.42 Å². The van der Waals surface area contributed by atoms with Crippen LogP contribution in [0.3, 0.4) is 0 Å². The summed E-state index contributed by atoms with van der Waals surface area (Å²) in [6, 6.07) is 10.5. The largest absolute Gasteiger partial charge is 0.388 e. The zero-order chi connectivity index (χ0) is 14.0. The fraction of sp³-hybridized carbons (Fsp3) is 0.143. The van der Waals surface area contributed by atoms with Crippen molar-refractivity contribution in [1.29, 1.82) is 0 Å². The van der Waals surface area contributed by atoms with Gasteiger partial charge in [0.25, 0.3) is 0 Å². The van der Waals surface area contributed by atoms with E-state index >= 15 is 0 Å². The summed E-state index contributed by atoms with van der Waals surface area (Å²) in [5, 5.41) is 11.9. The van der Waals surface area contributed by atoms with Gasteiger partial charge in [0.1, 0.15) is 0 Å². The van der Waals surface area contributed by atoms with Crippen molar-refractivity contribution in [2.45, 2.75) is 12.5 Å². The van der Waals surface area contributed by atoms with Gasteiger partial charge >= 0.3 is 0 Å². The van der Waals surface area contributed by atoms with Gasteiger partial charge in [0.05, 0.1) is 26.2 Å². The standard InChI is InChI=1S/C14H10Cl4O/c15-10-5-1-3-8(13(10)17)7-12(19)9-4-2-6-11(16)14(9)18/h1-6,12,19H,7H2. The second kappa shape index (κ2) is 6.34. The second-order valence-electron chi connectivity index (χ2n) is 4.08. The van der Waals surface area contributed by atoms with Crippen LogP contribution in [0, 0.1) is 0 Å². The Bertz CT molecular complexity index is 598. The molecule has 0 aliphatic heterocycles. The quantitative estimate of drug-likeness (QED) is 0.776. The van der Waals surface area contributed by atoms with E-state index in [0.29, 0.717) is 32.1 Å². The van der Waals surface area contributed by atoms with E-state index in [4.69, 9.17) is 46.4 Å². The molecule has 1 atom stereocenters. The van der Waals surface area contributed by atoms with Crippen LogP contribution in [0.1, 0.15) is 17.2 Å². The summed E-state index contributed by atoms with van der Waals surface area (Å²) in [5.74, 6) is 0. The average molecular weight is 336 g/mol. The highest BCUT2D eigenvalue weighted by Gasteiger charge is 2.16. The lowest BCUT2D eigenvalue weighted by Gasteiger charge is -2.14. The lowest BCUT2D eigenvalue weighted by molar-refractivity contribution is 0.178. The fourth-order valence-electron chi connectivity index (χ4n) is 1.80. The molecule has 2 aromatic carbocycles. The van der Waals surface area contributed by atoms with Gasteiger partial charge in [-0.1, -0.05) is 70.7 Å². The minimum atomic E-state index is -0.790. The number of hydrogen-bond acceptors (Lipinski definition) is 1. The molecule has 0 radical (unpaired) electrons. The Balaban J connectivity index is 2.28. The van der Waals surface area contributed by atoms with Gasteiger partial charge in [-0.3, -0.25) is 0 Å². The van der Waals surface area contributed by atoms with Gasteiger partial charge in [-0.25, -0.2) is 0 Å². The highest BCUT2D eigenvalue weighted by atomic mass is 35.5. The predicted molar refractivity (Wildman–Crippen MR) is 81.6 cm³/mol. The van der Waals surface area contributed by atoms with Crippen molar-refractivity contribution in [2.24, 2.45) is 0 Å². The van der Waals surface area contributed by atoms with Crippen LogP contribution in [0.15, 0.2) is 36.4 Å². The van der Waals surface area contributed by atoms with E-state index in [9.17, 15) is 5.11 Å². The number of aliphatic hydroxyl groups is 1. The van der Waals surface area contributed by atoms with Crippen molar-refractivity contribution >= 4 is 46.4 Å². The molecule has 1 nitrogen and oxygen atoms in total. The maximum Gasteiger partial charge on any atom is 0.0845 e. The van der Waals surface area contributed by atoms with Crippen molar-refractivity contribution in [2.75, 3.05) is 0 Å². The first-order chi connectivity index (χ1) is 9.00. The monoisotopic (exact) mass is 334 g/mol. The Kier molecular flexibility index (Phi) is 4.99. The Hall–Kier alpha value is -0.440. The van der Waals surface area contributed by atoms with Crippen molar-refractivity contribution in [3.8, 4) is 0 Å². The maximum atomic E-state index is 10.2. The molecule has 0 bridgehead atoms. The average Bonchev–Trinajstić information content (AvgIpc) is 2.38. The normalized spacial score (nSPS) is 12.5. The van der Waals surface area contributed by atoms with Gasteiger partial charge in [0.15, 0.2) is 0 Å². The molecule has 2 rings (SSSR count). The SMILES string of the molecule is OC(Cc1cccc(Cl)c1Cl)c1cccc(Cl)c1Cl. The smallest absolute Gasteiger partial charge is 0.0845 e. The van der Waals surface area contributed by atoms with Crippen LogP contribution >= 0.6 is 46.4 Å². The summed E-state index contributed by atoms with van der Waals surface area (Å²) in [6.07, 6.45) is -0.471. The first kappa shape index (κ1) is 15.0. The minimum Gasteiger partial charge on any atom is -0.388 e. The van der Waals surface area contributed by atoms with E-state index < -0.39 is 6.10 Å². The molecule has 2 aromatic rings. The third kappa shape index (κ3) is 3.36. The van der Waals surface area contributed by atoms with E-state index in [2.05, 4.69) is 0 Å². The van der Waals surface area contributed by atoms with Crippen molar-refractivity contribution < 1.29 is 5.11 Å². The molecule has 0 aliphatic carbocycles. The van der Waals surface area contributed by atoms with E-state index in [-0.39, 0.29) is 0 Å². The number of halogens is 4. The molecular weight excluding hydrogens is 326 g/mol. The molecule has 0 saturated carbocycles. The van der Waals surface area contributed by atoms with Gasteiger partial charge in [-0.2, -0.15) is 0 Å². The first-order valence-corrected chi connectivity index (χ1v) is 7.06. The van der Waals surface area contributed by atoms with E-state index in [1.165, 1.54) is 0 Å². The minimum absolute atomic E-state index is 0.319. The van der Waals surface area contributed by atoms with E-state index in [1.54, 1.807) is 30.3 Å². The van der Waals surface area contributed by atoms with Crippen LogP contribution in [0.4, 0.5) is 0 Å². The highest BCUT2D eigenvalue weighted by Crippen LogP contribution is 2.34. The molecule has 0 amide bonds. The molecule has 100 valence electrons. The van der Waals surface area contributed by atoms with Crippen molar-refractivity contribution in [3.05, 3.63) is 67.6 Å². The lowest BCUT2D eigenvalue weighted by Crippen LogP contribution is -2.03. The van der Waals surface area contributed by atoms with Gasteiger partial charge in [0.2, 0.25) is 0 Å². The third-order valence-corrected chi connectivity index (χ3v) is 4.48. The van der Waals surface area contributed by atoms with Crippen molar-refractivity contribution in [3.63, 3.8) is 0 Å². The molecule has 0 heterocycles. The van der Waals surface area contributed by atoms with Crippen LogP contribution in [0.5, 0.6) is 0 Å². The number of hydrogen-bond donors (Lipinski definition) is 1. The molecule has 0 aliphatic rings. The van der Waals surface area contributed by atoms with Crippen LogP contribution in [0.2, 0.25) is 20.1 Å². The maximum absolute atomic E-state index is 10.2. The van der Waals surface area contributed by atoms with Crippen LogP contribution < -0.4 is 0 Å². The molecule has 1 unspecified atom stereocenters. The van der Waals surface area contributed by atoms with Crippen LogP contribution in [0.25, 0.3) is 0 Å². The topological polar surface area (TPSA) is 20.2 Å². The van der Waals surface area contributed by atoms with E-state index in [0.717, 1.165) is 5.56 Å². The number of benzene rings is 2. The summed E-state index contributed by atoms with van der Waals surface area (Å²) in [4.78, 5) is 0. The summed E-state index contributed by atoms with van der Waals surface area (Å²) in [6.45, 7) is 0. The van der Waals surface area contributed by atoms with E-state index in [1.807, 2.05) is 6.07 Å². The zero-order valence-electron chi connectivity index (χ0n) is 9.71. The molecule has 0 spiro atoms.